The van der Waals surface area contributed by atoms with Crippen LogP contribution in [0.5, 0.6) is 17.2 Å². The van der Waals surface area contributed by atoms with E-state index in [-0.39, 0.29) is 24.1 Å². The van der Waals surface area contributed by atoms with Crippen LogP contribution in [-0.4, -0.2) is 37.3 Å². The molecule has 10 heteroatoms. The van der Waals surface area contributed by atoms with Crippen molar-refractivity contribution in [1.29, 1.82) is 0 Å². The number of nitro benzene ring substituents is 1. The number of benzene rings is 2. The van der Waals surface area contributed by atoms with Crippen LogP contribution in [0, 0.1) is 10.1 Å². The van der Waals surface area contributed by atoms with Gasteiger partial charge in [-0.1, -0.05) is 6.07 Å². The highest BCUT2D eigenvalue weighted by Gasteiger charge is 2.21. The summed E-state index contributed by atoms with van der Waals surface area (Å²) in [6, 6.07) is 8.58. The third-order valence-corrected chi connectivity index (χ3v) is 4.21. The van der Waals surface area contributed by atoms with E-state index in [1.165, 1.54) is 19.2 Å². The zero-order valence-corrected chi connectivity index (χ0v) is 15.7. The van der Waals surface area contributed by atoms with Crippen LogP contribution in [-0.2, 0) is 9.53 Å². The Morgan fingerprint density at radius 3 is 2.69 bits per heavy atom. The Balaban J connectivity index is 1.63. The van der Waals surface area contributed by atoms with Crippen molar-refractivity contribution in [1.82, 2.24) is 5.32 Å². The van der Waals surface area contributed by atoms with E-state index in [0.717, 1.165) is 11.6 Å². The summed E-state index contributed by atoms with van der Waals surface area (Å²) >= 11 is 0. The minimum Gasteiger partial charge on any atom is -0.477 e. The lowest BCUT2D eigenvalue weighted by atomic mass is 10.1. The first-order valence-corrected chi connectivity index (χ1v) is 8.57. The van der Waals surface area contributed by atoms with E-state index >= 15 is 0 Å². The minimum atomic E-state index is -0.713. The molecule has 1 heterocycles. The van der Waals surface area contributed by atoms with Gasteiger partial charge in [-0.05, 0) is 36.8 Å². The van der Waals surface area contributed by atoms with Crippen LogP contribution in [0.2, 0.25) is 0 Å². The van der Waals surface area contributed by atoms with E-state index < -0.39 is 29.1 Å². The summed E-state index contributed by atoms with van der Waals surface area (Å²) < 4.78 is 20.4. The number of hydrogen-bond acceptors (Lipinski definition) is 8. The number of carbonyl (C=O) groups is 2. The maximum atomic E-state index is 12.2. The van der Waals surface area contributed by atoms with Crippen LogP contribution in [0.3, 0.4) is 0 Å². The molecule has 0 unspecified atom stereocenters. The average Bonchev–Trinajstić information content (AvgIpc) is 3.19. The number of esters is 1. The molecule has 0 saturated carbocycles. The van der Waals surface area contributed by atoms with E-state index in [2.05, 4.69) is 10.1 Å². The quantitative estimate of drug-likeness (QED) is 0.425. The van der Waals surface area contributed by atoms with Gasteiger partial charge in [0.2, 0.25) is 6.79 Å². The molecule has 0 aliphatic carbocycles. The number of fused-ring (bicyclic) bond motifs is 1. The summed E-state index contributed by atoms with van der Waals surface area (Å²) in [7, 11) is 1.17. The molecule has 0 radical (unpaired) electrons. The molecule has 0 bridgehead atoms. The Hall–Kier alpha value is -3.82. The molecule has 2 aromatic rings. The maximum absolute atomic E-state index is 12.2. The highest BCUT2D eigenvalue weighted by atomic mass is 16.7. The number of ether oxygens (including phenoxy) is 4. The molecular weight excluding hydrogens is 384 g/mol. The molecule has 0 spiro atoms. The van der Waals surface area contributed by atoms with Gasteiger partial charge in [0, 0.05) is 6.07 Å². The number of hydrogen-bond donors (Lipinski definition) is 1. The molecule has 1 N–H and O–H groups in total. The Morgan fingerprint density at radius 1 is 1.21 bits per heavy atom. The summed E-state index contributed by atoms with van der Waals surface area (Å²) in [6.07, 6.45) is 0. The van der Waals surface area contributed by atoms with Crippen LogP contribution in [0.4, 0.5) is 5.69 Å². The van der Waals surface area contributed by atoms with Gasteiger partial charge in [-0.25, -0.2) is 4.79 Å². The molecule has 10 nitrogen and oxygen atoms in total. The van der Waals surface area contributed by atoms with Crippen molar-refractivity contribution in [2.45, 2.75) is 13.0 Å². The maximum Gasteiger partial charge on any atom is 0.338 e. The highest BCUT2D eigenvalue weighted by molar-refractivity contribution is 5.90. The second kappa shape index (κ2) is 8.46. The second-order valence-electron chi connectivity index (χ2n) is 6.12. The fourth-order valence-corrected chi connectivity index (χ4v) is 2.72. The third kappa shape index (κ3) is 4.54. The Bertz CT molecular complexity index is 959. The summed E-state index contributed by atoms with van der Waals surface area (Å²) in [5, 5.41) is 14.0. The molecule has 0 fully saturated rings. The van der Waals surface area contributed by atoms with E-state index in [4.69, 9.17) is 14.2 Å². The predicted molar refractivity (Wildman–Crippen MR) is 99.1 cm³/mol. The monoisotopic (exact) mass is 402 g/mol. The Kier molecular flexibility index (Phi) is 5.82. The fraction of sp³-hybridized carbons (Fsp3) is 0.263. The van der Waals surface area contributed by atoms with Gasteiger partial charge in [0.15, 0.2) is 23.9 Å². The smallest absolute Gasteiger partial charge is 0.338 e. The van der Waals surface area contributed by atoms with Gasteiger partial charge in [-0.2, -0.15) is 0 Å². The fourth-order valence-electron chi connectivity index (χ4n) is 2.72. The Labute approximate surface area is 165 Å². The first-order chi connectivity index (χ1) is 13.9. The number of methoxy groups -OCH3 is 1. The lowest BCUT2D eigenvalue weighted by Crippen LogP contribution is -2.31. The van der Waals surface area contributed by atoms with Crippen molar-refractivity contribution in [3.63, 3.8) is 0 Å². The summed E-state index contributed by atoms with van der Waals surface area (Å²) in [4.78, 5) is 34.3. The minimum absolute atomic E-state index is 0.00688. The lowest BCUT2D eigenvalue weighted by Gasteiger charge is -2.15. The normalized spacial score (nSPS) is 12.8. The van der Waals surface area contributed by atoms with Gasteiger partial charge in [0.25, 0.3) is 5.91 Å². The van der Waals surface area contributed by atoms with Crippen molar-refractivity contribution in [2.24, 2.45) is 0 Å². The van der Waals surface area contributed by atoms with Crippen LogP contribution in [0.15, 0.2) is 36.4 Å². The largest absolute Gasteiger partial charge is 0.477 e. The average molecular weight is 402 g/mol. The number of carbonyl (C=O) groups excluding carboxylic acids is 2. The van der Waals surface area contributed by atoms with E-state index in [9.17, 15) is 19.7 Å². The summed E-state index contributed by atoms with van der Waals surface area (Å²) in [5.41, 5.74) is 0.368. The standard InChI is InChI=1S/C19H18N2O8/c1-11(12-3-6-16-17(8-12)29-10-28-16)20-18(22)9-27-15-5-4-13(19(23)26-2)7-14(15)21(24)25/h3-8,11H,9-10H2,1-2H3,(H,20,22)/t11-/m1/s1. The number of nitrogens with zero attached hydrogens (tertiary/aromatic N) is 1. The number of nitro groups is 1. The van der Waals surface area contributed by atoms with Gasteiger partial charge in [0.1, 0.15) is 0 Å². The first kappa shape index (κ1) is 19.9. The van der Waals surface area contributed by atoms with E-state index in [1.54, 1.807) is 25.1 Å². The van der Waals surface area contributed by atoms with Crippen molar-refractivity contribution in [2.75, 3.05) is 20.5 Å². The molecule has 1 aliphatic rings. The summed E-state index contributed by atoms with van der Waals surface area (Å²) in [6.45, 7) is 1.50. The molecule has 0 saturated heterocycles. The van der Waals surface area contributed by atoms with E-state index in [0.29, 0.717) is 11.5 Å². The number of amides is 1. The molecule has 152 valence electrons. The lowest BCUT2D eigenvalue weighted by molar-refractivity contribution is -0.385. The first-order valence-electron chi connectivity index (χ1n) is 8.57. The highest BCUT2D eigenvalue weighted by Crippen LogP contribution is 2.34. The molecule has 0 aromatic heterocycles. The number of rotatable bonds is 7. The second-order valence-corrected chi connectivity index (χ2v) is 6.12. The zero-order chi connectivity index (χ0) is 21.0. The molecule has 1 atom stereocenters. The van der Waals surface area contributed by atoms with Gasteiger partial charge >= 0.3 is 11.7 Å². The SMILES string of the molecule is COC(=O)c1ccc(OCC(=O)N[C@H](C)c2ccc3c(c2)OCO3)c([N+](=O)[O-])c1. The van der Waals surface area contributed by atoms with E-state index in [1.807, 2.05) is 0 Å². The van der Waals surface area contributed by atoms with Gasteiger partial charge < -0.3 is 24.3 Å². The molecular formula is C19H18N2O8. The predicted octanol–water partition coefficient (Wildman–Crippen LogP) is 2.37. The van der Waals surface area contributed by atoms with Crippen molar-refractivity contribution < 1.29 is 33.5 Å². The van der Waals surface area contributed by atoms with Gasteiger partial charge in [-0.15, -0.1) is 0 Å². The van der Waals surface area contributed by atoms with Crippen LogP contribution in [0.25, 0.3) is 0 Å². The summed E-state index contributed by atoms with van der Waals surface area (Å²) in [5.74, 6) is -0.0792. The topological polar surface area (TPSA) is 126 Å². The Morgan fingerprint density at radius 2 is 1.97 bits per heavy atom. The van der Waals surface area contributed by atoms with Crippen LogP contribution >= 0.6 is 0 Å². The molecule has 1 amide bonds. The molecule has 2 aromatic carbocycles. The third-order valence-electron chi connectivity index (χ3n) is 4.21. The number of nitrogens with one attached hydrogen (secondary N) is 1. The van der Waals surface area contributed by atoms with Crippen molar-refractivity contribution in [3.05, 3.63) is 57.6 Å². The molecule has 1 aliphatic heterocycles. The molecule has 3 rings (SSSR count). The van der Waals surface area contributed by atoms with Crippen molar-refractivity contribution in [3.8, 4) is 17.2 Å². The van der Waals surface area contributed by atoms with Gasteiger partial charge in [0.05, 0.1) is 23.6 Å². The van der Waals surface area contributed by atoms with Crippen LogP contribution in [0.1, 0.15) is 28.9 Å². The van der Waals surface area contributed by atoms with Gasteiger partial charge in [-0.3, -0.25) is 14.9 Å². The zero-order valence-electron chi connectivity index (χ0n) is 15.7. The molecule has 29 heavy (non-hydrogen) atoms. The van der Waals surface area contributed by atoms with Crippen molar-refractivity contribution >= 4 is 17.6 Å². The van der Waals surface area contributed by atoms with Crippen LogP contribution < -0.4 is 19.5 Å².